The molecule has 0 unspecified atom stereocenters. The van der Waals surface area contributed by atoms with Crippen LogP contribution in [0, 0.1) is 0 Å². The van der Waals surface area contributed by atoms with E-state index < -0.39 is 59.2 Å². The molecule has 32 heavy (non-hydrogen) atoms. The highest BCUT2D eigenvalue weighted by molar-refractivity contribution is 5.82. The van der Waals surface area contributed by atoms with Gasteiger partial charge >= 0.3 is 47.7 Å². The number of rotatable bonds is 7. The molecule has 0 amide bonds. The van der Waals surface area contributed by atoms with E-state index in [4.69, 9.17) is 5.11 Å². The van der Waals surface area contributed by atoms with Crippen LogP contribution in [0.3, 0.4) is 0 Å². The van der Waals surface area contributed by atoms with Crippen molar-refractivity contribution in [2.75, 3.05) is 0 Å². The highest BCUT2D eigenvalue weighted by Crippen LogP contribution is 2.62. The van der Waals surface area contributed by atoms with Gasteiger partial charge in [-0.05, 0) is 12.1 Å². The first-order valence-corrected chi connectivity index (χ1v) is 7.25. The van der Waals surface area contributed by atoms with Crippen molar-refractivity contribution in [2.45, 2.75) is 41.7 Å². The van der Waals surface area contributed by atoms with Crippen LogP contribution < -0.4 is 4.74 Å². The third-order valence-electron chi connectivity index (χ3n) is 3.65. The number of esters is 1. The normalized spacial score (nSPS) is 15.0. The van der Waals surface area contributed by atoms with Crippen LogP contribution in [-0.2, 0) is 4.79 Å². The van der Waals surface area contributed by atoms with Gasteiger partial charge in [0.1, 0.15) is 0 Å². The zero-order valence-corrected chi connectivity index (χ0v) is 14.2. The van der Waals surface area contributed by atoms with Gasteiger partial charge in [-0.2, -0.15) is 65.9 Å². The molecule has 0 saturated heterocycles. The van der Waals surface area contributed by atoms with Crippen LogP contribution in [0.2, 0.25) is 0 Å². The quantitative estimate of drug-likeness (QED) is 0.295. The van der Waals surface area contributed by atoms with Gasteiger partial charge in [-0.1, -0.05) is 12.1 Å². The van der Waals surface area contributed by atoms with Crippen molar-refractivity contribution in [3.05, 3.63) is 24.3 Å². The summed E-state index contributed by atoms with van der Waals surface area (Å²) in [5.74, 6) is -55.3. The number of hydrogen-bond donors (Lipinski definition) is 1. The predicted molar refractivity (Wildman–Crippen MR) is 69.5 cm³/mol. The lowest BCUT2D eigenvalue weighted by Gasteiger charge is -2.40. The summed E-state index contributed by atoms with van der Waals surface area (Å²) in [7, 11) is 0. The Kier molecular flexibility index (Phi) is 6.44. The third-order valence-corrected chi connectivity index (χ3v) is 3.65. The monoisotopic (exact) mass is 506 g/mol. The number of phenols is 1. The summed E-state index contributed by atoms with van der Waals surface area (Å²) < 4.78 is 198. The van der Waals surface area contributed by atoms with E-state index in [1.54, 1.807) is 0 Å². The Labute approximate surface area is 165 Å². The van der Waals surface area contributed by atoms with Crippen LogP contribution in [0.25, 0.3) is 0 Å². The molecular weight excluding hydrogens is 501 g/mol. The number of carbonyl (C=O) groups excluding carboxylic acids is 1. The van der Waals surface area contributed by atoms with Crippen LogP contribution in [0.5, 0.6) is 11.5 Å². The molecule has 0 bridgehead atoms. The number of halogens is 15. The third kappa shape index (κ3) is 3.66. The number of benzene rings is 1. The van der Waals surface area contributed by atoms with Gasteiger partial charge in [0.25, 0.3) is 0 Å². The van der Waals surface area contributed by atoms with E-state index in [-0.39, 0.29) is 0 Å². The lowest BCUT2D eigenvalue weighted by Crippen LogP contribution is -2.73. The van der Waals surface area contributed by atoms with Crippen LogP contribution in [0.15, 0.2) is 24.3 Å². The second-order valence-electron chi connectivity index (χ2n) is 5.80. The average Bonchev–Trinajstić information content (AvgIpc) is 2.61. The van der Waals surface area contributed by atoms with Gasteiger partial charge in [0.15, 0.2) is 11.5 Å². The van der Waals surface area contributed by atoms with Crippen LogP contribution in [0.4, 0.5) is 65.9 Å². The van der Waals surface area contributed by atoms with Crippen LogP contribution in [-0.4, -0.2) is 52.8 Å². The Morgan fingerprint density at radius 3 is 1.41 bits per heavy atom. The molecule has 0 spiro atoms. The number of phenolic OH excluding ortho intramolecular Hbond substituents is 1. The maximum atomic E-state index is 13.6. The Morgan fingerprint density at radius 1 is 0.625 bits per heavy atom. The second kappa shape index (κ2) is 7.50. The largest absolute Gasteiger partial charge is 0.504 e. The van der Waals surface area contributed by atoms with E-state index in [1.807, 2.05) is 0 Å². The smallest absolute Gasteiger partial charge is 0.460 e. The molecule has 1 aromatic rings. The Bertz CT molecular complexity index is 859. The summed E-state index contributed by atoms with van der Waals surface area (Å²) in [4.78, 5) is 11.2. The first kappa shape index (κ1) is 27.5. The van der Waals surface area contributed by atoms with Gasteiger partial charge < -0.3 is 9.84 Å². The summed E-state index contributed by atoms with van der Waals surface area (Å²) in [6, 6.07) is 2.59. The Balaban J connectivity index is 3.51. The van der Waals surface area contributed by atoms with Crippen molar-refractivity contribution >= 4 is 5.97 Å². The van der Waals surface area contributed by atoms with Crippen LogP contribution in [0.1, 0.15) is 0 Å². The summed E-state index contributed by atoms with van der Waals surface area (Å²) in [6.07, 6.45) is -7.72. The molecule has 3 nitrogen and oxygen atoms in total. The van der Waals surface area contributed by atoms with E-state index in [2.05, 4.69) is 4.74 Å². The van der Waals surface area contributed by atoms with Crippen molar-refractivity contribution in [1.82, 2.24) is 0 Å². The molecule has 18 heteroatoms. The van der Waals surface area contributed by atoms with Crippen LogP contribution >= 0.6 is 0 Å². The van der Waals surface area contributed by atoms with E-state index in [9.17, 15) is 70.7 Å². The molecule has 0 saturated carbocycles. The van der Waals surface area contributed by atoms with Crippen molar-refractivity contribution < 1.29 is 80.5 Å². The van der Waals surface area contributed by atoms with Crippen molar-refractivity contribution in [3.8, 4) is 11.5 Å². The van der Waals surface area contributed by atoms with E-state index >= 15 is 0 Å². The van der Waals surface area contributed by atoms with E-state index in [0.29, 0.717) is 12.1 Å². The van der Waals surface area contributed by atoms with Gasteiger partial charge in [0.05, 0.1) is 0 Å². The topological polar surface area (TPSA) is 46.5 Å². The number of aromatic hydroxyl groups is 1. The zero-order valence-electron chi connectivity index (χ0n) is 14.2. The molecule has 1 aromatic carbocycles. The van der Waals surface area contributed by atoms with Crippen molar-refractivity contribution in [1.29, 1.82) is 0 Å². The fourth-order valence-corrected chi connectivity index (χ4v) is 1.80. The molecule has 0 aliphatic heterocycles. The number of hydrogen-bond acceptors (Lipinski definition) is 3. The molecule has 0 heterocycles. The summed E-state index contributed by atoms with van der Waals surface area (Å²) in [6.45, 7) is 0. The van der Waals surface area contributed by atoms with Gasteiger partial charge in [-0.15, -0.1) is 0 Å². The highest BCUT2D eigenvalue weighted by Gasteiger charge is 2.94. The molecule has 184 valence electrons. The van der Waals surface area contributed by atoms with Gasteiger partial charge in [-0.25, -0.2) is 4.79 Å². The summed E-state index contributed by atoms with van der Waals surface area (Å²) in [5, 5.41) is 9.12. The molecule has 0 aromatic heterocycles. The number of alkyl halides is 15. The van der Waals surface area contributed by atoms with Crippen molar-refractivity contribution in [3.63, 3.8) is 0 Å². The molecule has 0 aliphatic rings. The minimum absolute atomic E-state index is 0.367. The van der Waals surface area contributed by atoms with Crippen molar-refractivity contribution in [2.24, 2.45) is 0 Å². The highest BCUT2D eigenvalue weighted by atomic mass is 19.4. The predicted octanol–water partition coefficient (Wildman–Crippen LogP) is 5.67. The fraction of sp³-hybridized carbons (Fsp3) is 0.500. The molecular formula is C14H5F15O3. The molecule has 0 fully saturated rings. The Hall–Kier alpha value is -2.56. The maximum Gasteiger partial charge on any atom is 0.460 e. The molecule has 1 rings (SSSR count). The van der Waals surface area contributed by atoms with E-state index in [0.717, 1.165) is 12.1 Å². The number of para-hydroxylation sites is 2. The zero-order chi connectivity index (χ0) is 25.8. The minimum atomic E-state index is -8.51. The molecule has 1 N–H and O–H groups in total. The lowest BCUT2D eigenvalue weighted by molar-refractivity contribution is -0.450. The molecule has 0 atom stereocenters. The number of carbonyl (C=O) groups is 1. The summed E-state index contributed by atoms with van der Waals surface area (Å²) >= 11 is 0. The maximum absolute atomic E-state index is 13.6. The first-order chi connectivity index (χ1) is 13.9. The lowest BCUT2D eigenvalue weighted by atomic mass is 9.91. The van der Waals surface area contributed by atoms with Gasteiger partial charge in [-0.3, -0.25) is 0 Å². The average molecular weight is 506 g/mol. The molecule has 0 aliphatic carbocycles. The summed E-state index contributed by atoms with van der Waals surface area (Å²) in [5.41, 5.74) is 0. The van der Waals surface area contributed by atoms with Gasteiger partial charge in [0, 0.05) is 0 Å². The fourth-order valence-electron chi connectivity index (χ4n) is 1.80. The minimum Gasteiger partial charge on any atom is -0.504 e. The van der Waals surface area contributed by atoms with E-state index in [1.165, 1.54) is 0 Å². The number of ether oxygens (including phenoxy) is 1. The SMILES string of the molecule is O=C(Oc1ccccc1O)C(F)(F)C(F)(F)C(F)(F)C(F)(F)C(F)(F)C(F)(F)C(F)(F)F. The second-order valence-corrected chi connectivity index (χ2v) is 5.80. The van der Waals surface area contributed by atoms with Gasteiger partial charge in [0.2, 0.25) is 0 Å². The molecule has 0 radical (unpaired) electrons. The first-order valence-electron chi connectivity index (χ1n) is 7.25. The standard InChI is InChI=1S/C14H5F15O3/c15-8(16,7(31)32-6-4-2-1-3-5(6)30)9(17,18)10(19,20)11(21,22)12(23,24)13(25,26)14(27,28)29/h1-4,30H. The Morgan fingerprint density at radius 2 is 1.00 bits per heavy atom.